The lowest BCUT2D eigenvalue weighted by atomic mass is 9.98. The third-order valence-electron chi connectivity index (χ3n) is 1.59. The lowest BCUT2D eigenvalue weighted by Crippen LogP contribution is -2.46. The Kier molecular flexibility index (Phi) is 2.14. The first kappa shape index (κ1) is 8.73. The SMILES string of the molecule is C[C@@](N)(Cc1c[nH]cn1)C(=O)O. The van der Waals surface area contributed by atoms with E-state index in [1.165, 1.54) is 13.3 Å². The van der Waals surface area contributed by atoms with Crippen LogP contribution < -0.4 is 5.73 Å². The van der Waals surface area contributed by atoms with Gasteiger partial charge in [0.25, 0.3) is 0 Å². The van der Waals surface area contributed by atoms with Crippen LogP contribution in [0.5, 0.6) is 0 Å². The number of hydrogen-bond donors (Lipinski definition) is 3. The Hall–Kier alpha value is -1.36. The molecule has 5 heteroatoms. The van der Waals surface area contributed by atoms with E-state index in [4.69, 9.17) is 10.8 Å². The molecule has 0 aliphatic carbocycles. The zero-order chi connectivity index (χ0) is 9.19. The Balaban J connectivity index is 2.69. The zero-order valence-corrected chi connectivity index (χ0v) is 6.74. The van der Waals surface area contributed by atoms with Gasteiger partial charge in [-0.15, -0.1) is 0 Å². The second-order valence-electron chi connectivity index (χ2n) is 2.96. The third-order valence-corrected chi connectivity index (χ3v) is 1.59. The van der Waals surface area contributed by atoms with Crippen molar-refractivity contribution in [1.29, 1.82) is 0 Å². The van der Waals surface area contributed by atoms with E-state index in [1.54, 1.807) is 6.20 Å². The molecule has 0 radical (unpaired) electrons. The molecular weight excluding hydrogens is 158 g/mol. The van der Waals surface area contributed by atoms with E-state index in [0.717, 1.165) is 0 Å². The van der Waals surface area contributed by atoms with Crippen molar-refractivity contribution in [3.63, 3.8) is 0 Å². The Morgan fingerprint density at radius 1 is 1.92 bits per heavy atom. The van der Waals surface area contributed by atoms with Crippen molar-refractivity contribution in [2.45, 2.75) is 18.9 Å². The molecule has 0 aliphatic heterocycles. The molecule has 0 saturated carbocycles. The maximum Gasteiger partial charge on any atom is 0.323 e. The molecule has 1 rings (SSSR count). The number of aromatic nitrogens is 2. The lowest BCUT2D eigenvalue weighted by molar-refractivity contribution is -0.142. The number of nitrogens with two attached hydrogens (primary N) is 1. The average molecular weight is 169 g/mol. The topological polar surface area (TPSA) is 92.0 Å². The largest absolute Gasteiger partial charge is 0.480 e. The van der Waals surface area contributed by atoms with Gasteiger partial charge in [-0.25, -0.2) is 4.98 Å². The quantitative estimate of drug-likeness (QED) is 0.582. The van der Waals surface area contributed by atoms with Gasteiger partial charge in [0.1, 0.15) is 5.54 Å². The van der Waals surface area contributed by atoms with Crippen molar-refractivity contribution in [2.75, 3.05) is 0 Å². The first-order valence-corrected chi connectivity index (χ1v) is 3.52. The van der Waals surface area contributed by atoms with Crippen LogP contribution in [0.2, 0.25) is 0 Å². The van der Waals surface area contributed by atoms with Gasteiger partial charge in [-0.2, -0.15) is 0 Å². The number of imidazole rings is 1. The summed E-state index contributed by atoms with van der Waals surface area (Å²) in [5.41, 5.74) is 4.91. The van der Waals surface area contributed by atoms with Gasteiger partial charge in [0, 0.05) is 12.6 Å². The summed E-state index contributed by atoms with van der Waals surface area (Å²) in [6.45, 7) is 1.46. The van der Waals surface area contributed by atoms with Crippen molar-refractivity contribution < 1.29 is 9.90 Å². The molecule has 0 fully saturated rings. The normalized spacial score (nSPS) is 15.5. The summed E-state index contributed by atoms with van der Waals surface area (Å²) in [5, 5.41) is 8.68. The molecule has 1 aromatic heterocycles. The zero-order valence-electron chi connectivity index (χ0n) is 6.74. The number of carboxylic acids is 1. The maximum absolute atomic E-state index is 10.6. The van der Waals surface area contributed by atoms with Gasteiger partial charge in [-0.05, 0) is 6.92 Å². The smallest absolute Gasteiger partial charge is 0.323 e. The Morgan fingerprint density at radius 2 is 2.58 bits per heavy atom. The molecule has 66 valence electrons. The molecule has 0 amide bonds. The highest BCUT2D eigenvalue weighted by molar-refractivity contribution is 5.78. The maximum atomic E-state index is 10.6. The molecule has 0 bridgehead atoms. The first-order valence-electron chi connectivity index (χ1n) is 3.52. The van der Waals surface area contributed by atoms with Gasteiger partial charge in [0.15, 0.2) is 0 Å². The molecule has 5 nitrogen and oxygen atoms in total. The highest BCUT2D eigenvalue weighted by Gasteiger charge is 2.28. The van der Waals surface area contributed by atoms with Crippen LogP contribution in [0, 0.1) is 0 Å². The second-order valence-corrected chi connectivity index (χ2v) is 2.96. The minimum atomic E-state index is -1.24. The summed E-state index contributed by atoms with van der Waals surface area (Å²) in [7, 11) is 0. The number of carboxylic acid groups (broad SMARTS) is 1. The van der Waals surface area contributed by atoms with Crippen molar-refractivity contribution >= 4 is 5.97 Å². The molecular formula is C7H11N3O2. The summed E-state index contributed by atoms with van der Waals surface area (Å²) in [6, 6.07) is 0. The molecule has 1 atom stereocenters. The van der Waals surface area contributed by atoms with E-state index in [9.17, 15) is 4.79 Å². The van der Waals surface area contributed by atoms with Crippen LogP contribution in [-0.2, 0) is 11.2 Å². The number of hydrogen-bond acceptors (Lipinski definition) is 3. The van der Waals surface area contributed by atoms with Crippen LogP contribution in [0.25, 0.3) is 0 Å². The van der Waals surface area contributed by atoms with E-state index < -0.39 is 11.5 Å². The molecule has 0 spiro atoms. The first-order chi connectivity index (χ1) is 5.52. The van der Waals surface area contributed by atoms with Gasteiger partial charge in [0.05, 0.1) is 12.0 Å². The standard InChI is InChI=1S/C7H11N3O2/c1-7(8,6(11)12)2-5-3-9-4-10-5/h3-4H,2,8H2,1H3,(H,9,10)(H,11,12)/t7-/m1/s1. The summed E-state index contributed by atoms with van der Waals surface area (Å²) >= 11 is 0. The number of nitrogens with zero attached hydrogens (tertiary/aromatic N) is 1. The molecule has 0 unspecified atom stereocenters. The summed E-state index contributed by atoms with van der Waals surface area (Å²) < 4.78 is 0. The number of aromatic amines is 1. The predicted molar refractivity (Wildman–Crippen MR) is 42.5 cm³/mol. The fraction of sp³-hybridized carbons (Fsp3) is 0.429. The Bertz CT molecular complexity index is 266. The van der Waals surface area contributed by atoms with Crippen LogP contribution in [0.15, 0.2) is 12.5 Å². The van der Waals surface area contributed by atoms with Crippen LogP contribution >= 0.6 is 0 Å². The monoisotopic (exact) mass is 169 g/mol. The van der Waals surface area contributed by atoms with Crippen molar-refractivity contribution in [3.05, 3.63) is 18.2 Å². The van der Waals surface area contributed by atoms with Gasteiger partial charge in [-0.3, -0.25) is 4.79 Å². The summed E-state index contributed by atoms with van der Waals surface area (Å²) in [6.07, 6.45) is 3.35. The second kappa shape index (κ2) is 2.94. The predicted octanol–water partition coefficient (Wildman–Crippen LogP) is -0.246. The summed E-state index contributed by atoms with van der Waals surface area (Å²) in [4.78, 5) is 17.2. The summed E-state index contributed by atoms with van der Waals surface area (Å²) in [5.74, 6) is -1.02. The van der Waals surface area contributed by atoms with Gasteiger partial charge < -0.3 is 15.8 Å². The van der Waals surface area contributed by atoms with Crippen molar-refractivity contribution in [1.82, 2.24) is 9.97 Å². The third kappa shape index (κ3) is 1.82. The van der Waals surface area contributed by atoms with E-state index in [-0.39, 0.29) is 6.42 Å². The van der Waals surface area contributed by atoms with E-state index >= 15 is 0 Å². The highest BCUT2D eigenvalue weighted by Crippen LogP contribution is 2.07. The molecule has 1 heterocycles. The molecule has 1 aromatic rings. The number of aliphatic carboxylic acids is 1. The molecule has 4 N–H and O–H groups in total. The minimum Gasteiger partial charge on any atom is -0.480 e. The van der Waals surface area contributed by atoms with Crippen molar-refractivity contribution in [2.24, 2.45) is 5.73 Å². The Morgan fingerprint density at radius 3 is 3.00 bits per heavy atom. The van der Waals surface area contributed by atoms with Crippen molar-refractivity contribution in [3.8, 4) is 0 Å². The molecule has 0 aromatic carbocycles. The van der Waals surface area contributed by atoms with Crippen LogP contribution in [0.4, 0.5) is 0 Å². The highest BCUT2D eigenvalue weighted by atomic mass is 16.4. The van der Waals surface area contributed by atoms with E-state index in [1.807, 2.05) is 0 Å². The van der Waals surface area contributed by atoms with Crippen LogP contribution in [0.1, 0.15) is 12.6 Å². The average Bonchev–Trinajstić information content (AvgIpc) is 2.38. The van der Waals surface area contributed by atoms with Gasteiger partial charge in [0.2, 0.25) is 0 Å². The molecule has 12 heavy (non-hydrogen) atoms. The van der Waals surface area contributed by atoms with Crippen LogP contribution in [0.3, 0.4) is 0 Å². The molecule has 0 saturated heterocycles. The lowest BCUT2D eigenvalue weighted by Gasteiger charge is -2.16. The van der Waals surface area contributed by atoms with Gasteiger partial charge in [-0.1, -0.05) is 0 Å². The van der Waals surface area contributed by atoms with Gasteiger partial charge >= 0.3 is 5.97 Å². The van der Waals surface area contributed by atoms with E-state index in [0.29, 0.717) is 5.69 Å². The number of H-pyrrole nitrogens is 1. The number of nitrogens with one attached hydrogen (secondary N) is 1. The fourth-order valence-electron chi connectivity index (χ4n) is 0.839. The van der Waals surface area contributed by atoms with E-state index in [2.05, 4.69) is 9.97 Å². The fourth-order valence-corrected chi connectivity index (χ4v) is 0.839. The number of rotatable bonds is 3. The Labute approximate surface area is 69.6 Å². The van der Waals surface area contributed by atoms with Crippen LogP contribution in [-0.4, -0.2) is 26.6 Å². The number of carbonyl (C=O) groups is 1. The molecule has 0 aliphatic rings. The minimum absolute atomic E-state index is 0.228.